The highest BCUT2D eigenvalue weighted by molar-refractivity contribution is 5.85. The van der Waals surface area contributed by atoms with E-state index in [4.69, 9.17) is 0 Å². The van der Waals surface area contributed by atoms with Crippen molar-refractivity contribution in [2.75, 3.05) is 0 Å². The molecule has 1 heterocycles. The van der Waals surface area contributed by atoms with E-state index in [1.165, 1.54) is 33.4 Å². The predicted octanol–water partition coefficient (Wildman–Crippen LogP) is 6.73. The average Bonchev–Trinajstić information content (AvgIpc) is 2.95. The molecule has 2 nitrogen and oxygen atoms in total. The molecule has 0 N–H and O–H groups in total. The smallest absolute Gasteiger partial charge is 0.0914 e. The third kappa shape index (κ3) is 2.79. The first kappa shape index (κ1) is 17.8. The maximum atomic E-state index is 4.66. The van der Waals surface area contributed by atoms with Gasteiger partial charge >= 0.3 is 0 Å². The molecule has 0 spiro atoms. The van der Waals surface area contributed by atoms with Gasteiger partial charge in [0.25, 0.3) is 0 Å². The highest BCUT2D eigenvalue weighted by Crippen LogP contribution is 2.50. The minimum atomic E-state index is -0.0580. The summed E-state index contributed by atoms with van der Waals surface area (Å²) in [5, 5.41) is 0. The van der Waals surface area contributed by atoms with Crippen LogP contribution in [0.2, 0.25) is 0 Å². The number of benzene rings is 3. The number of rotatable bonds is 2. The van der Waals surface area contributed by atoms with E-state index in [0.29, 0.717) is 0 Å². The lowest BCUT2D eigenvalue weighted by Crippen LogP contribution is -2.15. The summed E-state index contributed by atoms with van der Waals surface area (Å²) in [6.45, 7) is 8.67. The van der Waals surface area contributed by atoms with Crippen molar-refractivity contribution in [2.45, 2.75) is 33.1 Å². The van der Waals surface area contributed by atoms with E-state index >= 15 is 0 Å². The van der Waals surface area contributed by atoms with Gasteiger partial charge in [0.2, 0.25) is 0 Å². The first-order chi connectivity index (χ1) is 13.9. The topological polar surface area (TPSA) is 25.8 Å². The summed E-state index contributed by atoms with van der Waals surface area (Å²) in [5.41, 5.74) is 11.9. The number of nitrogens with zero attached hydrogens (tertiary/aromatic N) is 2. The van der Waals surface area contributed by atoms with E-state index in [1.807, 2.05) is 20.0 Å². The Morgan fingerprint density at radius 1 is 0.690 bits per heavy atom. The van der Waals surface area contributed by atoms with E-state index in [1.54, 1.807) is 0 Å². The Hall–Kier alpha value is -3.26. The van der Waals surface area contributed by atoms with Crippen molar-refractivity contribution in [3.8, 4) is 33.5 Å². The van der Waals surface area contributed by atoms with E-state index in [-0.39, 0.29) is 5.41 Å². The largest absolute Gasteiger partial charge is 0.255 e. The second-order valence-electron chi connectivity index (χ2n) is 8.46. The zero-order valence-electron chi connectivity index (χ0n) is 17.3. The monoisotopic (exact) mass is 376 g/mol. The van der Waals surface area contributed by atoms with Crippen LogP contribution in [0, 0.1) is 13.8 Å². The van der Waals surface area contributed by atoms with Crippen LogP contribution in [0.1, 0.15) is 36.4 Å². The first-order valence-electron chi connectivity index (χ1n) is 10.1. The number of fused-ring (bicyclic) bond motifs is 3. The lowest BCUT2D eigenvalue weighted by Gasteiger charge is -2.22. The fraction of sp³-hybridized carbons (Fsp3) is 0.185. The molecule has 0 unspecified atom stereocenters. The normalized spacial score (nSPS) is 13.8. The summed E-state index contributed by atoms with van der Waals surface area (Å²) in [6, 6.07) is 24.2. The Bertz CT molecular complexity index is 1240. The van der Waals surface area contributed by atoms with Gasteiger partial charge in [-0.2, -0.15) is 0 Å². The molecule has 0 saturated carbocycles. The molecule has 1 aromatic heterocycles. The third-order valence-electron chi connectivity index (χ3n) is 6.12. The van der Waals surface area contributed by atoms with Gasteiger partial charge in [-0.1, -0.05) is 68.4 Å². The fourth-order valence-electron chi connectivity index (χ4n) is 4.58. The summed E-state index contributed by atoms with van der Waals surface area (Å²) >= 11 is 0. The molecule has 142 valence electrons. The molecule has 0 atom stereocenters. The lowest BCUT2D eigenvalue weighted by atomic mass is 9.81. The molecule has 0 fully saturated rings. The minimum absolute atomic E-state index is 0.0580. The quantitative estimate of drug-likeness (QED) is 0.387. The van der Waals surface area contributed by atoms with Gasteiger partial charge in [-0.3, -0.25) is 9.97 Å². The maximum Gasteiger partial charge on any atom is 0.0914 e. The molecule has 0 aliphatic heterocycles. The lowest BCUT2D eigenvalue weighted by molar-refractivity contribution is 0.661. The van der Waals surface area contributed by atoms with Crippen LogP contribution in [0.25, 0.3) is 33.5 Å². The highest BCUT2D eigenvalue weighted by atomic mass is 14.8. The van der Waals surface area contributed by atoms with E-state index < -0.39 is 0 Å². The average molecular weight is 377 g/mol. The standard InChI is InChI=1S/C27H24N2/c1-17-16-28-26(18(2)29-17)21-11-13-23-22-12-10-20(19-8-6-5-7-9-19)14-24(22)27(3,4)25(23)15-21/h5-16H,1-4H3. The summed E-state index contributed by atoms with van der Waals surface area (Å²) in [5.74, 6) is 0. The van der Waals surface area contributed by atoms with Gasteiger partial charge in [-0.25, -0.2) is 0 Å². The second kappa shape index (κ2) is 6.38. The van der Waals surface area contributed by atoms with E-state index in [9.17, 15) is 0 Å². The molecule has 0 saturated heterocycles. The number of hydrogen-bond donors (Lipinski definition) is 0. The Morgan fingerprint density at radius 3 is 1.97 bits per heavy atom. The second-order valence-corrected chi connectivity index (χ2v) is 8.46. The van der Waals surface area contributed by atoms with E-state index in [0.717, 1.165) is 22.6 Å². The molecular formula is C27H24N2. The molecule has 0 radical (unpaired) electrons. The number of aryl methyl sites for hydroxylation is 2. The molecule has 2 heteroatoms. The van der Waals surface area contributed by atoms with Crippen LogP contribution in [0.5, 0.6) is 0 Å². The minimum Gasteiger partial charge on any atom is -0.255 e. The van der Waals surface area contributed by atoms with Crippen LogP contribution in [0.15, 0.2) is 72.9 Å². The summed E-state index contributed by atoms with van der Waals surface area (Å²) in [4.78, 5) is 9.26. The van der Waals surface area contributed by atoms with Crippen LogP contribution in [0.4, 0.5) is 0 Å². The Labute approximate surface area is 172 Å². The maximum absolute atomic E-state index is 4.66. The zero-order valence-corrected chi connectivity index (χ0v) is 17.3. The molecule has 1 aliphatic rings. The van der Waals surface area contributed by atoms with Gasteiger partial charge in [0.1, 0.15) is 0 Å². The third-order valence-corrected chi connectivity index (χ3v) is 6.12. The molecule has 4 aromatic rings. The summed E-state index contributed by atoms with van der Waals surface area (Å²) in [7, 11) is 0. The van der Waals surface area contributed by atoms with Gasteiger partial charge < -0.3 is 0 Å². The SMILES string of the molecule is Cc1cnc(-c2ccc3c(c2)C(C)(C)c2cc(-c4ccccc4)ccc2-3)c(C)n1. The van der Waals surface area contributed by atoms with Gasteiger partial charge in [0.05, 0.1) is 17.1 Å². The Balaban J connectivity index is 1.64. The van der Waals surface area contributed by atoms with Crippen LogP contribution >= 0.6 is 0 Å². The van der Waals surface area contributed by atoms with Gasteiger partial charge in [-0.05, 0) is 59.4 Å². The van der Waals surface area contributed by atoms with Crippen molar-refractivity contribution in [3.63, 3.8) is 0 Å². The zero-order chi connectivity index (χ0) is 20.2. The molecule has 29 heavy (non-hydrogen) atoms. The van der Waals surface area contributed by atoms with E-state index in [2.05, 4.69) is 90.5 Å². The van der Waals surface area contributed by atoms with Crippen molar-refractivity contribution in [2.24, 2.45) is 0 Å². The summed E-state index contributed by atoms with van der Waals surface area (Å²) < 4.78 is 0. The molecular weight excluding hydrogens is 352 g/mol. The molecule has 1 aliphatic carbocycles. The van der Waals surface area contributed by atoms with Crippen molar-refractivity contribution < 1.29 is 0 Å². The van der Waals surface area contributed by atoms with Crippen molar-refractivity contribution in [3.05, 3.63) is 95.4 Å². The van der Waals surface area contributed by atoms with Crippen LogP contribution < -0.4 is 0 Å². The van der Waals surface area contributed by atoms with Crippen molar-refractivity contribution >= 4 is 0 Å². The predicted molar refractivity (Wildman–Crippen MR) is 120 cm³/mol. The highest BCUT2D eigenvalue weighted by Gasteiger charge is 2.36. The molecule has 5 rings (SSSR count). The molecule has 0 bridgehead atoms. The first-order valence-corrected chi connectivity index (χ1v) is 10.1. The van der Waals surface area contributed by atoms with Crippen molar-refractivity contribution in [1.82, 2.24) is 9.97 Å². The van der Waals surface area contributed by atoms with Gasteiger partial charge in [0.15, 0.2) is 0 Å². The molecule has 0 amide bonds. The number of aromatic nitrogens is 2. The fourth-order valence-corrected chi connectivity index (χ4v) is 4.58. The van der Waals surface area contributed by atoms with Gasteiger partial charge in [-0.15, -0.1) is 0 Å². The summed E-state index contributed by atoms with van der Waals surface area (Å²) in [6.07, 6.45) is 1.85. The Kier molecular flexibility index (Phi) is 3.92. The van der Waals surface area contributed by atoms with Crippen LogP contribution in [-0.4, -0.2) is 9.97 Å². The van der Waals surface area contributed by atoms with Crippen molar-refractivity contribution in [1.29, 1.82) is 0 Å². The van der Waals surface area contributed by atoms with Crippen LogP contribution in [-0.2, 0) is 5.41 Å². The van der Waals surface area contributed by atoms with Crippen LogP contribution in [0.3, 0.4) is 0 Å². The number of hydrogen-bond acceptors (Lipinski definition) is 2. The molecule has 3 aromatic carbocycles. The Morgan fingerprint density at radius 2 is 1.31 bits per heavy atom. The van der Waals surface area contributed by atoms with Gasteiger partial charge in [0, 0.05) is 17.2 Å².